The van der Waals surface area contributed by atoms with Crippen molar-refractivity contribution >= 4 is 71.4 Å². The Hall–Kier alpha value is -7.36. The molecule has 1 aliphatic carbocycles. The van der Waals surface area contributed by atoms with Crippen LogP contribution in [0.4, 0.5) is 0 Å². The first-order valence-corrected chi connectivity index (χ1v) is 19.7. The molecule has 0 spiro atoms. The van der Waals surface area contributed by atoms with Crippen LogP contribution in [0.15, 0.2) is 180 Å². The fraction of sp³-hybridized carbons (Fsp3) is 0.0370. The number of hydrogen-bond donors (Lipinski definition) is 0. The normalized spacial score (nSPS) is 12.7. The highest BCUT2D eigenvalue weighted by molar-refractivity contribution is 6.16. The summed E-state index contributed by atoms with van der Waals surface area (Å²) in [4.78, 5) is 10.1. The van der Waals surface area contributed by atoms with E-state index in [9.17, 15) is 0 Å². The van der Waals surface area contributed by atoms with Crippen LogP contribution >= 0.6 is 0 Å². The Morgan fingerprint density at radius 2 is 1.16 bits per heavy atom. The first kappa shape index (κ1) is 31.9. The fourth-order valence-corrected chi connectivity index (χ4v) is 9.37. The third kappa shape index (κ3) is 4.99. The van der Waals surface area contributed by atoms with E-state index in [4.69, 9.17) is 14.4 Å². The number of nitrogens with zero attached hydrogens (tertiary/aromatic N) is 2. The van der Waals surface area contributed by atoms with Crippen LogP contribution in [0.2, 0.25) is 0 Å². The molecule has 11 aromatic rings. The Kier molecular flexibility index (Phi) is 7.05. The Morgan fingerprint density at radius 3 is 2.00 bits per heavy atom. The van der Waals surface area contributed by atoms with Crippen molar-refractivity contribution in [1.82, 2.24) is 9.97 Å². The van der Waals surface area contributed by atoms with Crippen LogP contribution in [0, 0.1) is 0 Å². The zero-order valence-corrected chi connectivity index (χ0v) is 31.0. The molecule has 8 aromatic carbocycles. The number of hydrogen-bond acceptors (Lipinski definition) is 3. The molecular formula is C54H34N2O. The molecule has 12 rings (SSSR count). The van der Waals surface area contributed by atoms with Crippen molar-refractivity contribution in [2.75, 3.05) is 0 Å². The summed E-state index contributed by atoms with van der Waals surface area (Å²) in [6, 6.07) is 59.0. The lowest BCUT2D eigenvalue weighted by atomic mass is 9.84. The van der Waals surface area contributed by atoms with Crippen molar-refractivity contribution in [1.29, 1.82) is 0 Å². The van der Waals surface area contributed by atoms with Crippen LogP contribution in [0.1, 0.15) is 17.5 Å². The maximum Gasteiger partial charge on any atom is 0.136 e. The van der Waals surface area contributed by atoms with Crippen LogP contribution < -0.4 is 0 Å². The molecule has 266 valence electrons. The van der Waals surface area contributed by atoms with Gasteiger partial charge in [-0.2, -0.15) is 0 Å². The summed E-state index contributed by atoms with van der Waals surface area (Å²) in [6.07, 6.45) is 8.66. The monoisotopic (exact) mass is 726 g/mol. The molecule has 3 aromatic heterocycles. The molecule has 0 bridgehead atoms. The van der Waals surface area contributed by atoms with Gasteiger partial charge in [0.05, 0.1) is 16.7 Å². The molecule has 0 radical (unpaired) electrons. The summed E-state index contributed by atoms with van der Waals surface area (Å²) >= 11 is 0. The van der Waals surface area contributed by atoms with Crippen molar-refractivity contribution in [3.8, 4) is 44.6 Å². The molecule has 0 aliphatic heterocycles. The minimum absolute atomic E-state index is 0.837. The second kappa shape index (κ2) is 12.6. The predicted molar refractivity (Wildman–Crippen MR) is 238 cm³/mol. The predicted octanol–water partition coefficient (Wildman–Crippen LogP) is 14.6. The smallest absolute Gasteiger partial charge is 0.136 e. The van der Waals surface area contributed by atoms with Crippen LogP contribution in [-0.4, -0.2) is 9.97 Å². The molecule has 3 heterocycles. The quantitative estimate of drug-likeness (QED) is 0.170. The summed E-state index contributed by atoms with van der Waals surface area (Å²) in [6.45, 7) is 0. The number of allylic oxidation sites excluding steroid dienone is 1. The summed E-state index contributed by atoms with van der Waals surface area (Å²) in [5, 5.41) is 9.57. The lowest BCUT2D eigenvalue weighted by molar-refractivity contribution is 0.669. The highest BCUT2D eigenvalue weighted by Crippen LogP contribution is 2.45. The van der Waals surface area contributed by atoms with E-state index in [-0.39, 0.29) is 0 Å². The molecule has 1 aliphatic rings. The van der Waals surface area contributed by atoms with Gasteiger partial charge in [0.25, 0.3) is 0 Å². The average Bonchev–Trinajstić information content (AvgIpc) is 3.67. The number of fused-ring (bicyclic) bond motifs is 12. The third-order valence-corrected chi connectivity index (χ3v) is 12.0. The van der Waals surface area contributed by atoms with Crippen molar-refractivity contribution in [2.45, 2.75) is 12.8 Å². The summed E-state index contributed by atoms with van der Waals surface area (Å²) in [7, 11) is 0. The van der Waals surface area contributed by atoms with E-state index in [2.05, 4.69) is 158 Å². The Morgan fingerprint density at radius 1 is 0.456 bits per heavy atom. The van der Waals surface area contributed by atoms with Gasteiger partial charge >= 0.3 is 0 Å². The second-order valence-corrected chi connectivity index (χ2v) is 15.1. The molecule has 0 fully saturated rings. The zero-order valence-electron chi connectivity index (χ0n) is 31.0. The van der Waals surface area contributed by atoms with Crippen LogP contribution in [0.3, 0.4) is 0 Å². The maximum atomic E-state index is 6.64. The van der Waals surface area contributed by atoms with E-state index in [0.717, 1.165) is 84.5 Å². The molecule has 0 atom stereocenters. The topological polar surface area (TPSA) is 38.9 Å². The van der Waals surface area contributed by atoms with E-state index in [0.29, 0.717) is 0 Å². The third-order valence-electron chi connectivity index (χ3n) is 12.0. The Labute approximate surface area is 329 Å². The molecule has 0 saturated carbocycles. The van der Waals surface area contributed by atoms with Crippen molar-refractivity contribution in [3.05, 3.63) is 187 Å². The summed E-state index contributed by atoms with van der Waals surface area (Å²) < 4.78 is 6.64. The van der Waals surface area contributed by atoms with E-state index < -0.39 is 0 Å². The number of aromatic nitrogens is 2. The van der Waals surface area contributed by atoms with E-state index in [1.54, 1.807) is 0 Å². The highest BCUT2D eigenvalue weighted by atomic mass is 16.3. The average molecular weight is 727 g/mol. The van der Waals surface area contributed by atoms with Gasteiger partial charge in [-0.1, -0.05) is 140 Å². The van der Waals surface area contributed by atoms with Crippen molar-refractivity contribution in [2.24, 2.45) is 0 Å². The van der Waals surface area contributed by atoms with Gasteiger partial charge in [-0.25, -0.2) is 4.98 Å². The van der Waals surface area contributed by atoms with Gasteiger partial charge in [-0.05, 0) is 115 Å². The van der Waals surface area contributed by atoms with Crippen LogP contribution in [0.25, 0.3) is 116 Å². The summed E-state index contributed by atoms with van der Waals surface area (Å²) in [5.41, 5.74) is 15.2. The SMILES string of the molecule is C1=Cc2c(c3ccccc3c3cc(-c4ccccc4-c4ccccc4-c4cc(-c5ccc6ccc7cccnc7c6n5)c5c(c4)oc4ccccc45)ccc23)CC1. The maximum absolute atomic E-state index is 6.64. The minimum atomic E-state index is 0.837. The highest BCUT2D eigenvalue weighted by Gasteiger charge is 2.20. The molecule has 3 heteroatoms. The lowest BCUT2D eigenvalue weighted by Crippen LogP contribution is -1.98. The number of pyridine rings is 2. The van der Waals surface area contributed by atoms with Gasteiger partial charge in [-0.15, -0.1) is 0 Å². The first-order chi connectivity index (χ1) is 28.3. The minimum Gasteiger partial charge on any atom is -0.456 e. The van der Waals surface area contributed by atoms with Crippen LogP contribution in [0.5, 0.6) is 0 Å². The molecule has 3 nitrogen and oxygen atoms in total. The van der Waals surface area contributed by atoms with E-state index in [1.165, 1.54) is 49.4 Å². The van der Waals surface area contributed by atoms with E-state index >= 15 is 0 Å². The Balaban J connectivity index is 1.07. The molecule has 0 amide bonds. The molecule has 0 unspecified atom stereocenters. The van der Waals surface area contributed by atoms with Crippen molar-refractivity contribution < 1.29 is 4.42 Å². The standard InChI is InChI=1S/C54H34N2O/c1-3-15-39(37(13-1)35-25-27-45-43-19-6-5-17-41(43)42-18-7-8-20-44(42)47(45)30-35)40-16-4-2-14-38(40)36-31-48(52-46-21-9-10-22-50(46)57-51(52)32-36)49-28-26-34-24-23-33-12-11-29-55-53(33)54(34)56-49/h1-4,6-16,18-32H,5,17H2. The number of rotatable bonds is 4. The summed E-state index contributed by atoms with van der Waals surface area (Å²) in [5.74, 6) is 0. The number of furan rings is 1. The van der Waals surface area contributed by atoms with E-state index in [1.807, 2.05) is 24.4 Å². The fourth-order valence-electron chi connectivity index (χ4n) is 9.37. The van der Waals surface area contributed by atoms with Gasteiger partial charge in [0.2, 0.25) is 0 Å². The molecule has 0 N–H and O–H groups in total. The number of benzene rings is 8. The van der Waals surface area contributed by atoms with Gasteiger partial charge in [0, 0.05) is 33.3 Å². The van der Waals surface area contributed by atoms with Gasteiger partial charge in [-0.3, -0.25) is 4.98 Å². The molecule has 0 saturated heterocycles. The second-order valence-electron chi connectivity index (χ2n) is 15.1. The number of para-hydroxylation sites is 1. The van der Waals surface area contributed by atoms with Crippen LogP contribution in [-0.2, 0) is 6.42 Å². The Bertz CT molecular complexity index is 3480. The van der Waals surface area contributed by atoms with Gasteiger partial charge in [0.15, 0.2) is 0 Å². The van der Waals surface area contributed by atoms with Gasteiger partial charge < -0.3 is 4.42 Å². The molecule has 57 heavy (non-hydrogen) atoms. The lowest BCUT2D eigenvalue weighted by Gasteiger charge is -2.19. The zero-order chi connectivity index (χ0) is 37.5. The van der Waals surface area contributed by atoms with Crippen molar-refractivity contribution in [3.63, 3.8) is 0 Å². The largest absolute Gasteiger partial charge is 0.456 e. The molecular weight excluding hydrogens is 693 g/mol. The van der Waals surface area contributed by atoms with Gasteiger partial charge in [0.1, 0.15) is 11.2 Å². The number of aryl methyl sites for hydroxylation is 1. The first-order valence-electron chi connectivity index (χ1n) is 19.7.